The molecule has 15 heavy (non-hydrogen) atoms. The molecule has 0 saturated carbocycles. The summed E-state index contributed by atoms with van der Waals surface area (Å²) in [7, 11) is 0. The smallest absolute Gasteiger partial charge is 0.243 e. The number of aromatic nitrogens is 2. The Labute approximate surface area is 90.0 Å². The molecule has 2 N–H and O–H groups in total. The van der Waals surface area contributed by atoms with Crippen LogP contribution >= 0.6 is 0 Å². The summed E-state index contributed by atoms with van der Waals surface area (Å²) in [6.07, 6.45) is 1.53. The first-order valence-electron chi connectivity index (χ1n) is 5.43. The van der Waals surface area contributed by atoms with Crippen LogP contribution in [0.1, 0.15) is 57.5 Å². The quantitative estimate of drug-likeness (QED) is 0.782. The van der Waals surface area contributed by atoms with Crippen LogP contribution in [-0.4, -0.2) is 16.7 Å². The molecule has 1 aromatic heterocycles. The van der Waals surface area contributed by atoms with Gasteiger partial charge in [0.1, 0.15) is 6.10 Å². The minimum absolute atomic E-state index is 0.0865. The fourth-order valence-corrected chi connectivity index (χ4v) is 1.28. The molecule has 0 bridgehead atoms. The van der Waals surface area contributed by atoms with Crippen molar-refractivity contribution in [1.29, 1.82) is 0 Å². The van der Waals surface area contributed by atoms with E-state index in [-0.39, 0.29) is 12.1 Å². The highest BCUT2D eigenvalue weighted by Crippen LogP contribution is 2.20. The van der Waals surface area contributed by atoms with E-state index in [1.165, 1.54) is 0 Å². The van der Waals surface area contributed by atoms with E-state index in [0.29, 0.717) is 18.3 Å². The Hall–Kier alpha value is -0.940. The predicted octanol–water partition coefficient (Wildman–Crippen LogP) is 1.97. The first kappa shape index (κ1) is 12.1. The molecule has 0 radical (unpaired) electrons. The fourth-order valence-electron chi connectivity index (χ4n) is 1.28. The van der Waals surface area contributed by atoms with Crippen molar-refractivity contribution in [3.8, 4) is 0 Å². The number of hydrogen-bond donors (Lipinski definition) is 1. The zero-order chi connectivity index (χ0) is 11.3. The van der Waals surface area contributed by atoms with Gasteiger partial charge in [-0.2, -0.15) is 4.98 Å². The zero-order valence-electron chi connectivity index (χ0n) is 9.56. The second-order valence-electron chi connectivity index (χ2n) is 3.36. The molecule has 2 atom stereocenters. The Morgan fingerprint density at radius 1 is 1.33 bits per heavy atom. The van der Waals surface area contributed by atoms with E-state index in [4.69, 9.17) is 15.0 Å². The maximum absolute atomic E-state index is 5.79. The highest BCUT2D eigenvalue weighted by molar-refractivity contribution is 4.94. The first-order valence-corrected chi connectivity index (χ1v) is 5.43. The van der Waals surface area contributed by atoms with Gasteiger partial charge in [-0.15, -0.1) is 0 Å². The van der Waals surface area contributed by atoms with E-state index in [1.54, 1.807) is 0 Å². The van der Waals surface area contributed by atoms with Gasteiger partial charge in [-0.3, -0.25) is 0 Å². The molecule has 1 rings (SSSR count). The van der Waals surface area contributed by atoms with E-state index in [2.05, 4.69) is 10.1 Å². The molecule has 1 aromatic rings. The highest BCUT2D eigenvalue weighted by Gasteiger charge is 2.19. The van der Waals surface area contributed by atoms with Gasteiger partial charge in [0.15, 0.2) is 0 Å². The third-order valence-corrected chi connectivity index (χ3v) is 2.24. The normalized spacial score (nSPS) is 15.2. The summed E-state index contributed by atoms with van der Waals surface area (Å²) in [6.45, 7) is 6.59. The fraction of sp³-hybridized carbons (Fsp3) is 0.800. The van der Waals surface area contributed by atoms with Crippen LogP contribution in [0.15, 0.2) is 4.52 Å². The summed E-state index contributed by atoms with van der Waals surface area (Å²) in [6, 6.07) is -0.176. The Bertz CT molecular complexity index is 288. The second kappa shape index (κ2) is 5.82. The van der Waals surface area contributed by atoms with Gasteiger partial charge >= 0.3 is 0 Å². The molecule has 5 nitrogen and oxygen atoms in total. The molecule has 0 spiro atoms. The summed E-state index contributed by atoms with van der Waals surface area (Å²) in [5.74, 6) is 1.09. The molecule has 0 amide bonds. The second-order valence-corrected chi connectivity index (χ2v) is 3.36. The molecule has 0 aliphatic carbocycles. The SMILES string of the molecule is CCOC(CC)c1noc([C@H](N)CC)n1. The highest BCUT2D eigenvalue weighted by atomic mass is 16.5. The standard InChI is InChI=1S/C10H19N3O2/c1-4-7(11)10-12-9(13-15-10)8(5-2)14-6-3/h7-8H,4-6,11H2,1-3H3/t7-,8?/m1/s1. The van der Waals surface area contributed by atoms with Crippen LogP contribution in [0.25, 0.3) is 0 Å². The van der Waals surface area contributed by atoms with Gasteiger partial charge < -0.3 is 15.0 Å². The van der Waals surface area contributed by atoms with Gasteiger partial charge in [0.05, 0.1) is 6.04 Å². The minimum Gasteiger partial charge on any atom is -0.370 e. The summed E-state index contributed by atoms with van der Waals surface area (Å²) >= 11 is 0. The van der Waals surface area contributed by atoms with Crippen LogP contribution in [0, 0.1) is 0 Å². The Morgan fingerprint density at radius 3 is 2.60 bits per heavy atom. The molecule has 0 aromatic carbocycles. The van der Waals surface area contributed by atoms with Gasteiger partial charge in [0.25, 0.3) is 0 Å². The van der Waals surface area contributed by atoms with E-state index in [9.17, 15) is 0 Å². The molecule has 0 aliphatic heterocycles. The molecule has 1 heterocycles. The average Bonchev–Trinajstić information content (AvgIpc) is 2.73. The monoisotopic (exact) mass is 213 g/mol. The number of nitrogens with zero attached hydrogens (tertiary/aromatic N) is 2. The van der Waals surface area contributed by atoms with Gasteiger partial charge in [-0.25, -0.2) is 0 Å². The maximum atomic E-state index is 5.79. The van der Waals surface area contributed by atoms with Crippen molar-refractivity contribution in [3.05, 3.63) is 11.7 Å². The average molecular weight is 213 g/mol. The number of hydrogen-bond acceptors (Lipinski definition) is 5. The molecular weight excluding hydrogens is 194 g/mol. The van der Waals surface area contributed by atoms with Crippen LogP contribution in [0.3, 0.4) is 0 Å². The summed E-state index contributed by atoms with van der Waals surface area (Å²) < 4.78 is 10.6. The lowest BCUT2D eigenvalue weighted by Crippen LogP contribution is -2.10. The van der Waals surface area contributed by atoms with Crippen LogP contribution in [0.5, 0.6) is 0 Å². The van der Waals surface area contributed by atoms with Gasteiger partial charge in [0, 0.05) is 6.61 Å². The lowest BCUT2D eigenvalue weighted by atomic mass is 10.2. The lowest BCUT2D eigenvalue weighted by molar-refractivity contribution is 0.0518. The number of ether oxygens (including phenoxy) is 1. The number of rotatable bonds is 6. The molecule has 1 unspecified atom stereocenters. The largest absolute Gasteiger partial charge is 0.370 e. The first-order chi connectivity index (χ1) is 7.22. The third-order valence-electron chi connectivity index (χ3n) is 2.24. The van der Waals surface area contributed by atoms with Crippen LogP contribution < -0.4 is 5.73 Å². The topological polar surface area (TPSA) is 74.2 Å². The maximum Gasteiger partial charge on any atom is 0.243 e. The van der Waals surface area contributed by atoms with E-state index in [1.807, 2.05) is 20.8 Å². The van der Waals surface area contributed by atoms with E-state index < -0.39 is 0 Å². The van der Waals surface area contributed by atoms with Crippen LogP contribution in [0.2, 0.25) is 0 Å². The molecule has 0 fully saturated rings. The zero-order valence-corrected chi connectivity index (χ0v) is 9.56. The van der Waals surface area contributed by atoms with Gasteiger partial charge in [0.2, 0.25) is 11.7 Å². The van der Waals surface area contributed by atoms with Crippen molar-refractivity contribution in [2.45, 2.75) is 45.8 Å². The third kappa shape index (κ3) is 3.00. The van der Waals surface area contributed by atoms with Gasteiger partial charge in [-0.05, 0) is 19.8 Å². The Kier molecular flexibility index (Phi) is 4.71. The molecule has 0 saturated heterocycles. The van der Waals surface area contributed by atoms with Crippen molar-refractivity contribution < 1.29 is 9.26 Å². The van der Waals surface area contributed by atoms with Crippen LogP contribution in [0.4, 0.5) is 0 Å². The molecule has 86 valence electrons. The van der Waals surface area contributed by atoms with Crippen molar-refractivity contribution in [3.63, 3.8) is 0 Å². The van der Waals surface area contributed by atoms with Crippen molar-refractivity contribution in [2.75, 3.05) is 6.61 Å². The molecule has 0 aliphatic rings. The van der Waals surface area contributed by atoms with Crippen molar-refractivity contribution in [1.82, 2.24) is 10.1 Å². The lowest BCUT2D eigenvalue weighted by Gasteiger charge is -2.09. The predicted molar refractivity (Wildman–Crippen MR) is 56.2 cm³/mol. The summed E-state index contributed by atoms with van der Waals surface area (Å²) in [5.41, 5.74) is 5.79. The molecular formula is C10H19N3O2. The Balaban J connectivity index is 2.72. The Morgan fingerprint density at radius 2 is 2.07 bits per heavy atom. The van der Waals surface area contributed by atoms with Gasteiger partial charge in [-0.1, -0.05) is 19.0 Å². The van der Waals surface area contributed by atoms with Crippen molar-refractivity contribution in [2.24, 2.45) is 5.73 Å². The van der Waals surface area contributed by atoms with Crippen LogP contribution in [-0.2, 0) is 4.74 Å². The van der Waals surface area contributed by atoms with E-state index >= 15 is 0 Å². The number of nitrogens with two attached hydrogens (primary N) is 1. The molecule has 5 heteroatoms. The minimum atomic E-state index is -0.176. The van der Waals surface area contributed by atoms with Crippen molar-refractivity contribution >= 4 is 0 Å². The van der Waals surface area contributed by atoms with E-state index in [0.717, 1.165) is 12.8 Å². The summed E-state index contributed by atoms with van der Waals surface area (Å²) in [5, 5.41) is 3.88. The summed E-state index contributed by atoms with van der Waals surface area (Å²) in [4.78, 5) is 4.24.